The van der Waals surface area contributed by atoms with E-state index in [1.165, 1.54) is 0 Å². The fraction of sp³-hybridized carbons (Fsp3) is 0.333. The molecule has 0 fully saturated rings. The molecule has 214 valence electrons. The summed E-state index contributed by atoms with van der Waals surface area (Å²) in [7, 11) is 0. The highest BCUT2D eigenvalue weighted by atomic mass is 35.5. The molecule has 2 rings (SSSR count). The molecule has 39 heavy (non-hydrogen) atoms. The Morgan fingerprint density at radius 3 is 2.05 bits per heavy atom. The lowest BCUT2D eigenvalue weighted by atomic mass is 9.94. The molecule has 15 heteroatoms. The highest BCUT2D eigenvalue weighted by Crippen LogP contribution is 2.40. The molecule has 0 aliphatic heterocycles. The van der Waals surface area contributed by atoms with Gasteiger partial charge in [0.15, 0.2) is 11.6 Å². The molecule has 2 aromatic rings. The van der Waals surface area contributed by atoms with E-state index in [4.69, 9.17) is 35.4 Å². The van der Waals surface area contributed by atoms with Crippen molar-refractivity contribution < 1.29 is 48.7 Å². The summed E-state index contributed by atoms with van der Waals surface area (Å²) in [4.78, 5) is 12.2. The Morgan fingerprint density at radius 2 is 1.54 bits per heavy atom. The summed E-state index contributed by atoms with van der Waals surface area (Å²) in [6.45, 7) is -1.40. The molecule has 1 unspecified atom stereocenters. The smallest absolute Gasteiger partial charge is 0.371 e. The quantitative estimate of drug-likeness (QED) is 0.130. The van der Waals surface area contributed by atoms with Gasteiger partial charge in [0, 0.05) is 12.0 Å². The maximum atomic E-state index is 13.7. The fourth-order valence-corrected chi connectivity index (χ4v) is 4.07. The van der Waals surface area contributed by atoms with E-state index in [-0.39, 0.29) is 23.4 Å². The highest BCUT2D eigenvalue weighted by molar-refractivity contribution is 7.80. The number of allylic oxidation sites excluding steroid dienone is 1. The first-order valence-corrected chi connectivity index (χ1v) is 11.9. The molecule has 1 N–H and O–H groups in total. The minimum Gasteiger partial charge on any atom is -0.371 e. The van der Waals surface area contributed by atoms with Crippen LogP contribution in [0, 0.1) is 5.82 Å². The topological polar surface area (TPSA) is 29.1 Å². The normalized spacial score (nSPS) is 13.5. The molecule has 2 aromatic carbocycles. The van der Waals surface area contributed by atoms with Crippen molar-refractivity contribution in [2.75, 3.05) is 6.54 Å². The van der Waals surface area contributed by atoms with E-state index < -0.39 is 75.7 Å². The predicted octanol–water partition coefficient (Wildman–Crippen LogP) is 9.34. The van der Waals surface area contributed by atoms with Crippen molar-refractivity contribution in [2.45, 2.75) is 43.7 Å². The second kappa shape index (κ2) is 12.9. The van der Waals surface area contributed by atoms with Crippen molar-refractivity contribution >= 4 is 52.3 Å². The number of halogens is 12. The molecule has 0 saturated heterocycles. The van der Waals surface area contributed by atoms with E-state index in [1.807, 2.05) is 5.32 Å². The number of carbonyl (C=O) groups is 1. The molecule has 0 saturated carbocycles. The number of hydrogen-bond acceptors (Lipinski definition) is 2. The molecule has 0 bridgehead atoms. The van der Waals surface area contributed by atoms with Crippen molar-refractivity contribution in [3.05, 3.63) is 74.5 Å². The summed E-state index contributed by atoms with van der Waals surface area (Å²) in [5.74, 6) is -4.53. The maximum Gasteiger partial charge on any atom is 0.417 e. The van der Waals surface area contributed by atoms with Crippen LogP contribution in [0.15, 0.2) is 36.4 Å². The van der Waals surface area contributed by atoms with Crippen molar-refractivity contribution in [1.29, 1.82) is 0 Å². The first kappa shape index (κ1) is 32.8. The molecule has 0 heterocycles. The number of benzene rings is 2. The van der Waals surface area contributed by atoms with E-state index in [0.717, 1.165) is 18.2 Å². The summed E-state index contributed by atoms with van der Waals surface area (Å²) in [5, 5.41) is 0.565. The van der Waals surface area contributed by atoms with Gasteiger partial charge in [-0.05, 0) is 42.2 Å². The van der Waals surface area contributed by atoms with Gasteiger partial charge in [-0.2, -0.15) is 39.5 Å². The molecule has 1 atom stereocenters. The summed E-state index contributed by atoms with van der Waals surface area (Å²) in [6.07, 6.45) is -14.1. The van der Waals surface area contributed by atoms with Crippen LogP contribution >= 0.6 is 35.4 Å². The second-order valence-corrected chi connectivity index (χ2v) is 9.46. The van der Waals surface area contributed by atoms with Crippen LogP contribution in [-0.4, -0.2) is 29.7 Å². The van der Waals surface area contributed by atoms with Crippen molar-refractivity contribution in [3.8, 4) is 0 Å². The molecule has 0 spiro atoms. The molecule has 0 aliphatic carbocycles. The summed E-state index contributed by atoms with van der Waals surface area (Å²) >= 11 is 15.8. The minimum absolute atomic E-state index is 0.141. The fourth-order valence-electron chi connectivity index (χ4n) is 3.35. The summed E-state index contributed by atoms with van der Waals surface area (Å²) in [5.41, 5.74) is -3.06. The van der Waals surface area contributed by atoms with E-state index in [2.05, 4.69) is 0 Å². The van der Waals surface area contributed by atoms with Crippen LogP contribution in [0.5, 0.6) is 0 Å². The summed E-state index contributed by atoms with van der Waals surface area (Å²) < 4.78 is 132. The first-order valence-electron chi connectivity index (χ1n) is 10.8. The number of thiocarbonyl (C=S) groups is 1. The predicted molar refractivity (Wildman–Crippen MR) is 131 cm³/mol. The van der Waals surface area contributed by atoms with Gasteiger partial charge in [-0.25, -0.2) is 4.39 Å². The van der Waals surface area contributed by atoms with Crippen LogP contribution in [0.25, 0.3) is 6.08 Å². The Bertz CT molecular complexity index is 1220. The third kappa shape index (κ3) is 9.95. The van der Waals surface area contributed by atoms with Gasteiger partial charge in [-0.1, -0.05) is 59.7 Å². The largest absolute Gasteiger partial charge is 0.417 e. The van der Waals surface area contributed by atoms with Crippen LogP contribution in [0.2, 0.25) is 10.0 Å². The Balaban J connectivity index is 2.27. The third-order valence-electron chi connectivity index (χ3n) is 5.14. The zero-order chi connectivity index (χ0) is 29.8. The number of carbonyl (C=O) groups excluding carboxylic acids is 1. The number of rotatable bonds is 9. The zero-order valence-corrected chi connectivity index (χ0v) is 21.6. The highest BCUT2D eigenvalue weighted by Gasteiger charge is 2.40. The molecule has 0 radical (unpaired) electrons. The zero-order valence-electron chi connectivity index (χ0n) is 19.3. The number of Topliss-reactive ketones (excluding diaryl/α,β-unsaturated/α-hetero) is 1. The molecule has 0 aliphatic rings. The van der Waals surface area contributed by atoms with Crippen molar-refractivity contribution in [1.82, 2.24) is 5.32 Å². The van der Waals surface area contributed by atoms with Gasteiger partial charge in [-0.3, -0.25) is 4.79 Å². The van der Waals surface area contributed by atoms with Crippen LogP contribution in [0.4, 0.5) is 43.9 Å². The van der Waals surface area contributed by atoms with Gasteiger partial charge < -0.3 is 5.32 Å². The SMILES string of the molecule is O=C(CCCC(=S)NCC(F)(F)F)c1ccc(/C=C/C(c2cc(Cl)c(F)c(Cl)c2)C(F)(F)F)cc1C(F)(F)F. The Hall–Kier alpha value is -2.38. The van der Waals surface area contributed by atoms with E-state index >= 15 is 0 Å². The van der Waals surface area contributed by atoms with Crippen LogP contribution in [-0.2, 0) is 6.18 Å². The summed E-state index contributed by atoms with van der Waals surface area (Å²) in [6, 6.07) is 3.65. The van der Waals surface area contributed by atoms with Gasteiger partial charge in [0.05, 0.1) is 26.5 Å². The van der Waals surface area contributed by atoms with Crippen LogP contribution in [0.1, 0.15) is 52.2 Å². The Labute approximate surface area is 231 Å². The van der Waals surface area contributed by atoms with E-state index in [0.29, 0.717) is 24.3 Å². The average molecular weight is 628 g/mol. The second-order valence-electron chi connectivity index (χ2n) is 8.15. The van der Waals surface area contributed by atoms with Gasteiger partial charge in [0.2, 0.25) is 0 Å². The lowest BCUT2D eigenvalue weighted by molar-refractivity contribution is -0.139. The molecular formula is C24H17Cl2F10NOS. The third-order valence-corrected chi connectivity index (χ3v) is 6.04. The maximum absolute atomic E-state index is 13.7. The van der Waals surface area contributed by atoms with Gasteiger partial charge in [0.25, 0.3) is 0 Å². The average Bonchev–Trinajstić information content (AvgIpc) is 2.79. The number of alkyl halides is 9. The first-order chi connectivity index (χ1) is 17.8. The Morgan fingerprint density at radius 1 is 0.949 bits per heavy atom. The van der Waals surface area contributed by atoms with Gasteiger partial charge in [-0.15, -0.1) is 0 Å². The minimum atomic E-state index is -5.06. The number of ketones is 1. The standard InChI is InChI=1S/C24H17Cl2F10NOS/c25-17-9-13(10-18(26)21(17)27)15(23(31,32)33)7-5-12-4-6-14(16(8-12)24(34,35)36)19(38)2-1-3-20(39)37-11-22(28,29)30/h4-10,15H,1-3,11H2,(H,37,39)/b7-5+. The van der Waals surface area contributed by atoms with E-state index in [1.54, 1.807) is 0 Å². The van der Waals surface area contributed by atoms with Gasteiger partial charge in [0.1, 0.15) is 6.54 Å². The van der Waals surface area contributed by atoms with Crippen molar-refractivity contribution in [3.63, 3.8) is 0 Å². The number of hydrogen-bond donors (Lipinski definition) is 1. The van der Waals surface area contributed by atoms with Crippen LogP contribution < -0.4 is 5.32 Å². The van der Waals surface area contributed by atoms with E-state index in [9.17, 15) is 48.7 Å². The van der Waals surface area contributed by atoms with Gasteiger partial charge >= 0.3 is 18.5 Å². The lowest BCUT2D eigenvalue weighted by Crippen LogP contribution is -2.32. The molecule has 0 amide bonds. The number of nitrogens with one attached hydrogen (secondary N) is 1. The monoisotopic (exact) mass is 627 g/mol. The van der Waals surface area contributed by atoms with Crippen molar-refractivity contribution in [2.24, 2.45) is 0 Å². The molecule has 0 aromatic heterocycles. The Kier molecular flexibility index (Phi) is 10.8. The lowest BCUT2D eigenvalue weighted by Gasteiger charge is -2.18. The molecule has 2 nitrogen and oxygen atoms in total. The van der Waals surface area contributed by atoms with Crippen LogP contribution in [0.3, 0.4) is 0 Å². The molecular weight excluding hydrogens is 611 g/mol.